The lowest BCUT2D eigenvalue weighted by Crippen LogP contribution is -3.00. The van der Waals surface area contributed by atoms with Crippen LogP contribution in [0.2, 0.25) is 0 Å². The molecule has 0 saturated heterocycles. The van der Waals surface area contributed by atoms with Crippen LogP contribution in [0.1, 0.15) is 29.2 Å². The summed E-state index contributed by atoms with van der Waals surface area (Å²) >= 11 is 0. The third kappa shape index (κ3) is 5.85. The predicted octanol–water partition coefficient (Wildman–Crippen LogP) is 3.91. The number of allylic oxidation sites excluding steroid dienone is 2. The fraction of sp³-hybridized carbons (Fsp3) is 0.152. The Labute approximate surface area is 222 Å². The van der Waals surface area contributed by atoms with Crippen molar-refractivity contribution < 1.29 is 17.0 Å². The highest BCUT2D eigenvalue weighted by molar-refractivity contribution is 7.95. The fourth-order valence-electron chi connectivity index (χ4n) is 4.44. The van der Waals surface area contributed by atoms with Crippen LogP contribution in [0.5, 0.6) is 0 Å². The van der Waals surface area contributed by atoms with E-state index >= 15 is 0 Å². The predicted molar refractivity (Wildman–Crippen MR) is 151 cm³/mol. The number of halogens is 1. The normalized spacial score (nSPS) is 11.3. The molecule has 0 aliphatic carbocycles. The van der Waals surface area contributed by atoms with E-state index in [0.29, 0.717) is 0 Å². The third-order valence-corrected chi connectivity index (χ3v) is 10.9. The second-order valence-electron chi connectivity index (χ2n) is 8.84. The van der Waals surface area contributed by atoms with Gasteiger partial charge in [0.1, 0.15) is 23.2 Å². The van der Waals surface area contributed by atoms with Gasteiger partial charge in [-0.15, -0.1) is 0 Å². The minimum atomic E-state index is -1.87. The first-order valence-corrected chi connectivity index (χ1v) is 13.8. The molecular formula is C33H32BrP. The first kappa shape index (κ1) is 26.7. The first-order valence-electron chi connectivity index (χ1n) is 11.8. The molecule has 176 valence electrons. The van der Waals surface area contributed by atoms with E-state index in [2.05, 4.69) is 149 Å². The summed E-state index contributed by atoms with van der Waals surface area (Å²) in [5, 5.41) is 4.19. The molecule has 0 bridgehead atoms. The molecule has 0 fully saturated rings. The maximum Gasteiger partial charge on any atom is 0.116 e. The summed E-state index contributed by atoms with van der Waals surface area (Å²) in [4.78, 5) is 0. The minimum Gasteiger partial charge on any atom is -1.00 e. The molecule has 0 aromatic heterocycles. The molecule has 0 aliphatic heterocycles. The van der Waals surface area contributed by atoms with Gasteiger partial charge < -0.3 is 17.0 Å². The Morgan fingerprint density at radius 2 is 1.09 bits per heavy atom. The number of rotatable bonds is 5. The van der Waals surface area contributed by atoms with Crippen molar-refractivity contribution in [2.24, 2.45) is 0 Å². The standard InChI is InChI=1S/C33H32P.BrH/c1-26(20-23-33-28(3)22-21-27(2)29(33)4)24-25-34(30-14-8-5-9-15-30,31-16-10-6-11-17-31)32-18-12-7-13-19-32;/h5-19,21-22,24H,25H2,1-4H3;1H/q+1;/p-1/b26-24+;. The third-order valence-electron chi connectivity index (χ3n) is 6.59. The molecule has 4 aromatic carbocycles. The largest absolute Gasteiger partial charge is 1.00 e. The monoisotopic (exact) mass is 538 g/mol. The Balaban J connectivity index is 0.00000342. The molecular weight excluding hydrogens is 507 g/mol. The van der Waals surface area contributed by atoms with Crippen molar-refractivity contribution >= 4 is 23.2 Å². The van der Waals surface area contributed by atoms with Crippen LogP contribution in [0.15, 0.2) is 115 Å². The molecule has 0 unspecified atom stereocenters. The molecule has 4 aromatic rings. The number of hydrogen-bond acceptors (Lipinski definition) is 0. The summed E-state index contributed by atoms with van der Waals surface area (Å²) in [5.74, 6) is 6.94. The van der Waals surface area contributed by atoms with Gasteiger partial charge in [-0.3, -0.25) is 0 Å². The Kier molecular flexibility index (Phi) is 9.28. The van der Waals surface area contributed by atoms with Crippen LogP contribution < -0.4 is 32.9 Å². The van der Waals surface area contributed by atoms with Crippen LogP contribution in [0.3, 0.4) is 0 Å². The first-order chi connectivity index (χ1) is 16.5. The zero-order valence-corrected chi connectivity index (χ0v) is 23.4. The molecule has 4 rings (SSSR count). The topological polar surface area (TPSA) is 0 Å². The zero-order valence-electron chi connectivity index (χ0n) is 20.9. The van der Waals surface area contributed by atoms with E-state index in [4.69, 9.17) is 0 Å². The highest BCUT2D eigenvalue weighted by Gasteiger charge is 2.44. The lowest BCUT2D eigenvalue weighted by atomic mass is 9.98. The van der Waals surface area contributed by atoms with Crippen molar-refractivity contribution in [3.8, 4) is 11.8 Å². The van der Waals surface area contributed by atoms with Gasteiger partial charge in [0.2, 0.25) is 0 Å². The molecule has 0 N–H and O–H groups in total. The van der Waals surface area contributed by atoms with Crippen molar-refractivity contribution in [3.05, 3.63) is 137 Å². The summed E-state index contributed by atoms with van der Waals surface area (Å²) < 4.78 is 0. The lowest BCUT2D eigenvalue weighted by molar-refractivity contribution is -0.00000685. The number of hydrogen-bond donors (Lipinski definition) is 0. The second-order valence-corrected chi connectivity index (χ2v) is 12.4. The van der Waals surface area contributed by atoms with Crippen LogP contribution in [0.4, 0.5) is 0 Å². The van der Waals surface area contributed by atoms with Crippen LogP contribution in [-0.2, 0) is 0 Å². The Morgan fingerprint density at radius 3 is 1.54 bits per heavy atom. The van der Waals surface area contributed by atoms with Gasteiger partial charge in [-0.2, -0.15) is 0 Å². The van der Waals surface area contributed by atoms with Crippen LogP contribution in [0.25, 0.3) is 0 Å². The lowest BCUT2D eigenvalue weighted by Gasteiger charge is -2.26. The van der Waals surface area contributed by atoms with E-state index in [9.17, 15) is 0 Å². The molecule has 0 heterocycles. The fourth-order valence-corrected chi connectivity index (χ4v) is 8.56. The zero-order chi connectivity index (χ0) is 24.0. The van der Waals surface area contributed by atoms with Crippen molar-refractivity contribution in [2.45, 2.75) is 27.7 Å². The van der Waals surface area contributed by atoms with Gasteiger partial charge in [-0.25, -0.2) is 0 Å². The Bertz CT molecular complexity index is 1250. The van der Waals surface area contributed by atoms with E-state index in [1.54, 1.807) is 0 Å². The van der Waals surface area contributed by atoms with Crippen LogP contribution >= 0.6 is 7.26 Å². The average molecular weight is 539 g/mol. The molecule has 0 amide bonds. The van der Waals surface area contributed by atoms with Gasteiger partial charge in [0.25, 0.3) is 0 Å². The summed E-state index contributed by atoms with van der Waals surface area (Å²) in [6, 6.07) is 37.4. The van der Waals surface area contributed by atoms with Gasteiger partial charge in [-0.1, -0.05) is 78.6 Å². The molecule has 0 radical (unpaired) electrons. The molecule has 0 atom stereocenters. The highest BCUT2D eigenvalue weighted by atomic mass is 79.9. The van der Waals surface area contributed by atoms with Crippen molar-refractivity contribution in [2.75, 3.05) is 6.16 Å². The minimum absolute atomic E-state index is 0. The molecule has 0 spiro atoms. The molecule has 0 saturated carbocycles. The van der Waals surface area contributed by atoms with Crippen molar-refractivity contribution in [3.63, 3.8) is 0 Å². The van der Waals surface area contributed by atoms with E-state index in [1.807, 2.05) is 0 Å². The average Bonchev–Trinajstić information content (AvgIpc) is 2.89. The van der Waals surface area contributed by atoms with E-state index < -0.39 is 7.26 Å². The van der Waals surface area contributed by atoms with Gasteiger partial charge in [-0.05, 0) is 92.4 Å². The van der Waals surface area contributed by atoms with Gasteiger partial charge >= 0.3 is 0 Å². The quantitative estimate of drug-likeness (QED) is 0.267. The summed E-state index contributed by atoms with van der Waals surface area (Å²) in [7, 11) is -1.87. The Morgan fingerprint density at radius 1 is 0.657 bits per heavy atom. The number of benzene rings is 4. The molecule has 2 heteroatoms. The molecule has 0 nitrogen and oxygen atoms in total. The second kappa shape index (κ2) is 12.2. The van der Waals surface area contributed by atoms with Gasteiger partial charge in [0.15, 0.2) is 0 Å². The van der Waals surface area contributed by atoms with E-state index in [0.717, 1.165) is 17.3 Å². The highest BCUT2D eigenvalue weighted by Crippen LogP contribution is 2.55. The smallest absolute Gasteiger partial charge is 0.116 e. The van der Waals surface area contributed by atoms with E-state index in [1.165, 1.54) is 32.6 Å². The Hall–Kier alpha value is -2.91. The summed E-state index contributed by atoms with van der Waals surface area (Å²) in [6.07, 6.45) is 3.30. The van der Waals surface area contributed by atoms with Gasteiger partial charge in [0.05, 0.1) is 6.16 Å². The summed E-state index contributed by atoms with van der Waals surface area (Å²) in [5.41, 5.74) is 6.08. The van der Waals surface area contributed by atoms with E-state index in [-0.39, 0.29) is 17.0 Å². The molecule has 35 heavy (non-hydrogen) atoms. The van der Waals surface area contributed by atoms with Crippen molar-refractivity contribution in [1.82, 2.24) is 0 Å². The van der Waals surface area contributed by atoms with Crippen molar-refractivity contribution in [1.29, 1.82) is 0 Å². The maximum atomic E-state index is 3.47. The molecule has 0 aliphatic rings. The van der Waals surface area contributed by atoms with Crippen LogP contribution in [-0.4, -0.2) is 6.16 Å². The van der Waals surface area contributed by atoms with Crippen LogP contribution in [0, 0.1) is 32.6 Å². The SMILES string of the molecule is C/C(C#Cc1c(C)ccc(C)c1C)=C\C[P+](c1ccccc1)(c1ccccc1)c1ccccc1.[Br-]. The van der Waals surface area contributed by atoms with Gasteiger partial charge in [0, 0.05) is 5.56 Å². The summed E-state index contributed by atoms with van der Waals surface area (Å²) in [6.45, 7) is 8.61. The maximum absolute atomic E-state index is 3.47. The number of aryl methyl sites for hydroxylation is 2.